The second-order valence-electron chi connectivity index (χ2n) is 5.07. The highest BCUT2D eigenvalue weighted by Crippen LogP contribution is 2.16. The summed E-state index contributed by atoms with van der Waals surface area (Å²) in [7, 11) is 1.43. The van der Waals surface area contributed by atoms with Gasteiger partial charge in [0.2, 0.25) is 11.6 Å². The van der Waals surface area contributed by atoms with Gasteiger partial charge in [0.15, 0.2) is 5.69 Å². The second kappa shape index (κ2) is 8.01. The lowest BCUT2D eigenvalue weighted by atomic mass is 10.2. The van der Waals surface area contributed by atoms with Gasteiger partial charge in [-0.1, -0.05) is 21.1 Å². The first-order valence-electron chi connectivity index (χ1n) is 7.31. The number of aromatic nitrogens is 5. The van der Waals surface area contributed by atoms with E-state index < -0.39 is 11.7 Å². The lowest BCUT2D eigenvalue weighted by Gasteiger charge is -2.04. The minimum atomic E-state index is -0.685. The zero-order valence-electron chi connectivity index (χ0n) is 13.8. The SMILES string of the molecule is COCc1c(C(=O)NN=Cc2cc(Br)ccc2F)nnn1-c1nonc1N. The Morgan fingerprint density at radius 2 is 2.33 bits per heavy atom. The highest BCUT2D eigenvalue weighted by atomic mass is 79.9. The molecule has 0 saturated carbocycles. The van der Waals surface area contributed by atoms with E-state index in [0.29, 0.717) is 4.47 Å². The third-order valence-corrected chi connectivity index (χ3v) is 3.78. The van der Waals surface area contributed by atoms with Crippen molar-refractivity contribution in [3.8, 4) is 5.82 Å². The van der Waals surface area contributed by atoms with Gasteiger partial charge in [0.05, 0.1) is 12.8 Å². The summed E-state index contributed by atoms with van der Waals surface area (Å²) in [5.41, 5.74) is 8.25. The molecule has 11 nitrogen and oxygen atoms in total. The summed E-state index contributed by atoms with van der Waals surface area (Å²) in [6.45, 7) is -0.0218. The normalized spacial score (nSPS) is 11.2. The summed E-state index contributed by atoms with van der Waals surface area (Å²) >= 11 is 3.23. The van der Waals surface area contributed by atoms with Crippen LogP contribution in [0.5, 0.6) is 0 Å². The van der Waals surface area contributed by atoms with Crippen molar-refractivity contribution in [3.05, 3.63) is 45.4 Å². The maximum atomic E-state index is 13.7. The fraction of sp³-hybridized carbons (Fsp3) is 0.143. The number of rotatable bonds is 6. The van der Waals surface area contributed by atoms with Crippen molar-refractivity contribution in [1.29, 1.82) is 0 Å². The van der Waals surface area contributed by atoms with Gasteiger partial charge in [-0.3, -0.25) is 4.79 Å². The Labute approximate surface area is 159 Å². The zero-order chi connectivity index (χ0) is 19.4. The Balaban J connectivity index is 1.82. The molecule has 0 radical (unpaired) electrons. The minimum Gasteiger partial charge on any atom is -0.378 e. The Hall–Kier alpha value is -3.19. The molecule has 0 fully saturated rings. The lowest BCUT2D eigenvalue weighted by molar-refractivity contribution is 0.0944. The molecule has 2 aromatic heterocycles. The van der Waals surface area contributed by atoms with Gasteiger partial charge in [-0.15, -0.1) is 5.10 Å². The monoisotopic (exact) mass is 438 g/mol. The van der Waals surface area contributed by atoms with Crippen LogP contribution in [-0.4, -0.2) is 44.5 Å². The number of methoxy groups -OCH3 is 1. The summed E-state index contributed by atoms with van der Waals surface area (Å²) in [5, 5.41) is 18.4. The fourth-order valence-electron chi connectivity index (χ4n) is 2.08. The maximum Gasteiger partial charge on any atom is 0.293 e. The number of ether oxygens (including phenoxy) is 1. The fourth-order valence-corrected chi connectivity index (χ4v) is 2.46. The average Bonchev–Trinajstić information content (AvgIpc) is 3.24. The Morgan fingerprint density at radius 3 is 3.04 bits per heavy atom. The molecular formula is C14H12BrFN8O3. The van der Waals surface area contributed by atoms with Crippen LogP contribution in [0, 0.1) is 5.82 Å². The van der Waals surface area contributed by atoms with Crippen LogP contribution < -0.4 is 11.2 Å². The number of anilines is 1. The van der Waals surface area contributed by atoms with E-state index in [0.717, 1.165) is 6.21 Å². The highest BCUT2D eigenvalue weighted by Gasteiger charge is 2.23. The van der Waals surface area contributed by atoms with E-state index in [2.05, 4.69) is 51.7 Å². The van der Waals surface area contributed by atoms with Crippen molar-refractivity contribution in [2.75, 3.05) is 12.8 Å². The molecule has 0 aliphatic carbocycles. The molecule has 3 aromatic rings. The summed E-state index contributed by atoms with van der Waals surface area (Å²) in [4.78, 5) is 12.4. The minimum absolute atomic E-state index is 0.0218. The molecule has 0 unspecified atom stereocenters. The van der Waals surface area contributed by atoms with Crippen LogP contribution in [0.1, 0.15) is 21.7 Å². The summed E-state index contributed by atoms with van der Waals surface area (Å²) in [6.07, 6.45) is 1.16. The number of carbonyl (C=O) groups is 1. The number of halogens is 2. The van der Waals surface area contributed by atoms with Crippen molar-refractivity contribution in [1.82, 2.24) is 30.7 Å². The molecule has 0 bridgehead atoms. The molecule has 1 aromatic carbocycles. The topological polar surface area (TPSA) is 146 Å². The van der Waals surface area contributed by atoms with E-state index >= 15 is 0 Å². The number of nitrogens with one attached hydrogen (secondary N) is 1. The summed E-state index contributed by atoms with van der Waals surface area (Å²) in [6, 6.07) is 4.33. The van der Waals surface area contributed by atoms with Crippen LogP contribution in [-0.2, 0) is 11.3 Å². The van der Waals surface area contributed by atoms with Gasteiger partial charge in [-0.05, 0) is 28.5 Å². The Morgan fingerprint density at radius 1 is 1.52 bits per heavy atom. The molecule has 13 heteroatoms. The van der Waals surface area contributed by atoms with Crippen molar-refractivity contribution in [3.63, 3.8) is 0 Å². The number of nitrogens with two attached hydrogens (primary N) is 1. The van der Waals surface area contributed by atoms with Crippen molar-refractivity contribution >= 4 is 33.9 Å². The zero-order valence-corrected chi connectivity index (χ0v) is 15.3. The number of nitrogen functional groups attached to an aromatic ring is 1. The van der Waals surface area contributed by atoms with E-state index in [9.17, 15) is 9.18 Å². The van der Waals surface area contributed by atoms with Crippen molar-refractivity contribution in [2.24, 2.45) is 5.10 Å². The molecule has 0 aliphatic rings. The number of amides is 1. The molecular weight excluding hydrogens is 427 g/mol. The molecule has 0 saturated heterocycles. The molecule has 3 N–H and O–H groups in total. The van der Waals surface area contributed by atoms with Gasteiger partial charge in [0, 0.05) is 17.1 Å². The standard InChI is InChI=1S/C14H12BrFN8O3/c1-26-6-10-11(19-23-24(10)13-12(17)21-27-22-13)14(25)20-18-5-7-4-8(15)2-3-9(7)16/h2-5H,6H2,1H3,(H2,17,21)(H,20,25). The molecule has 140 valence electrons. The quantitative estimate of drug-likeness (QED) is 0.428. The highest BCUT2D eigenvalue weighted by molar-refractivity contribution is 9.10. The summed E-state index contributed by atoms with van der Waals surface area (Å²) in [5.74, 6) is -1.15. The third kappa shape index (κ3) is 3.98. The molecule has 1 amide bonds. The second-order valence-corrected chi connectivity index (χ2v) is 5.98. The van der Waals surface area contributed by atoms with Crippen LogP contribution in [0.15, 0.2) is 32.4 Å². The molecule has 0 aliphatic heterocycles. The number of carbonyl (C=O) groups excluding carboxylic acids is 1. The number of hydrazone groups is 1. The molecule has 0 spiro atoms. The van der Waals surface area contributed by atoms with Crippen molar-refractivity contribution in [2.45, 2.75) is 6.61 Å². The number of benzene rings is 1. The third-order valence-electron chi connectivity index (χ3n) is 3.28. The first kappa shape index (κ1) is 18.6. The predicted molar refractivity (Wildman–Crippen MR) is 93.5 cm³/mol. The number of hydrogen-bond donors (Lipinski definition) is 2. The van der Waals surface area contributed by atoms with Gasteiger partial charge in [0.1, 0.15) is 11.5 Å². The Kier molecular flexibility index (Phi) is 5.52. The Bertz CT molecular complexity index is 1000. The predicted octanol–water partition coefficient (Wildman–Crippen LogP) is 1.04. The van der Waals surface area contributed by atoms with E-state index in [1.165, 1.54) is 23.9 Å². The molecule has 27 heavy (non-hydrogen) atoms. The van der Waals surface area contributed by atoms with Crippen LogP contribution in [0.3, 0.4) is 0 Å². The smallest absolute Gasteiger partial charge is 0.293 e. The van der Waals surface area contributed by atoms with Crippen LogP contribution in [0.2, 0.25) is 0 Å². The molecule has 2 heterocycles. The number of nitrogens with zero attached hydrogens (tertiary/aromatic N) is 6. The van der Waals surface area contributed by atoms with Gasteiger partial charge in [-0.25, -0.2) is 14.4 Å². The van der Waals surface area contributed by atoms with Gasteiger partial charge in [-0.2, -0.15) is 9.78 Å². The van der Waals surface area contributed by atoms with E-state index in [1.54, 1.807) is 6.07 Å². The van der Waals surface area contributed by atoms with Crippen LogP contribution in [0.4, 0.5) is 10.2 Å². The van der Waals surface area contributed by atoms with Crippen LogP contribution in [0.25, 0.3) is 5.82 Å². The number of hydrogen-bond acceptors (Lipinski definition) is 9. The van der Waals surface area contributed by atoms with E-state index in [4.69, 9.17) is 10.5 Å². The lowest BCUT2D eigenvalue weighted by Crippen LogP contribution is -2.20. The molecule has 3 rings (SSSR count). The van der Waals surface area contributed by atoms with Gasteiger partial charge < -0.3 is 10.5 Å². The maximum absolute atomic E-state index is 13.7. The van der Waals surface area contributed by atoms with Gasteiger partial charge >= 0.3 is 0 Å². The van der Waals surface area contributed by atoms with E-state index in [-0.39, 0.29) is 35.2 Å². The summed E-state index contributed by atoms with van der Waals surface area (Å²) < 4.78 is 25.1. The van der Waals surface area contributed by atoms with E-state index in [1.807, 2.05) is 0 Å². The molecule has 0 atom stereocenters. The first-order valence-corrected chi connectivity index (χ1v) is 8.11. The largest absolute Gasteiger partial charge is 0.378 e. The van der Waals surface area contributed by atoms with Crippen molar-refractivity contribution < 1.29 is 18.6 Å². The van der Waals surface area contributed by atoms with Crippen LogP contribution >= 0.6 is 15.9 Å². The average molecular weight is 439 g/mol. The first-order chi connectivity index (χ1) is 13.0. The van der Waals surface area contributed by atoms with Gasteiger partial charge in [0.25, 0.3) is 5.91 Å².